The van der Waals surface area contributed by atoms with Gasteiger partial charge in [-0.2, -0.15) is 0 Å². The fraction of sp³-hybridized carbons (Fsp3) is 0.225. The van der Waals surface area contributed by atoms with Gasteiger partial charge in [-0.3, -0.25) is 24.1 Å². The van der Waals surface area contributed by atoms with Crippen molar-refractivity contribution in [3.8, 4) is 11.5 Å². The fourth-order valence-corrected chi connectivity index (χ4v) is 9.47. The van der Waals surface area contributed by atoms with E-state index in [1.807, 2.05) is 12.1 Å². The minimum Gasteiger partial charge on any atom is -0.503 e. The number of allylic oxidation sites excluding steroid dienone is 2. The van der Waals surface area contributed by atoms with Crippen LogP contribution in [-0.2, 0) is 24.6 Å². The molecule has 262 valence electrons. The van der Waals surface area contributed by atoms with Crippen molar-refractivity contribution < 1.29 is 38.9 Å². The number of anilines is 2. The maximum absolute atomic E-state index is 15.4. The average molecular weight is 738 g/mol. The standard InChI is InChI=1S/C40H30Cl2N2O8/c1-52-31-17-21(16-30(42)34(31)45)33-26-13-14-27-32(37(48)43(35(27)46)24-11-5-7-20(15-24)38(49)50)28(26)19-29-36(47)44(25-12-6-10-23(41)18-25)39(51)40(29,33)22-8-3-2-4-9-22/h2-13,15-18,27-29,32-33,45H,14,19H2,1H3,(H,49,50)/t27-,28+,29-,32-,33-,40+/m0/s1. The van der Waals surface area contributed by atoms with E-state index >= 15 is 4.79 Å². The quantitative estimate of drug-likeness (QED) is 0.163. The van der Waals surface area contributed by atoms with E-state index < -0.39 is 64.6 Å². The molecule has 52 heavy (non-hydrogen) atoms. The van der Waals surface area contributed by atoms with Gasteiger partial charge in [-0.1, -0.05) is 77.3 Å². The number of imide groups is 2. The Labute approximate surface area is 307 Å². The van der Waals surface area contributed by atoms with Crippen molar-refractivity contribution in [2.24, 2.45) is 23.7 Å². The summed E-state index contributed by atoms with van der Waals surface area (Å²) in [4.78, 5) is 72.8. The number of fused-ring (bicyclic) bond motifs is 4. The molecular weight excluding hydrogens is 707 g/mol. The van der Waals surface area contributed by atoms with E-state index in [0.29, 0.717) is 27.4 Å². The van der Waals surface area contributed by atoms with E-state index in [1.54, 1.807) is 60.7 Å². The summed E-state index contributed by atoms with van der Waals surface area (Å²) >= 11 is 13.0. The molecule has 6 atom stereocenters. The van der Waals surface area contributed by atoms with Crippen LogP contribution in [0.3, 0.4) is 0 Å². The highest BCUT2D eigenvalue weighted by molar-refractivity contribution is 6.33. The number of benzene rings is 4. The first-order valence-corrected chi connectivity index (χ1v) is 17.4. The Morgan fingerprint density at radius 3 is 2.23 bits per heavy atom. The second kappa shape index (κ2) is 12.4. The molecule has 12 heteroatoms. The van der Waals surface area contributed by atoms with Gasteiger partial charge in [0, 0.05) is 10.9 Å². The minimum atomic E-state index is -1.55. The molecule has 2 aliphatic heterocycles. The van der Waals surface area contributed by atoms with Crippen molar-refractivity contribution in [2.45, 2.75) is 24.2 Å². The van der Waals surface area contributed by atoms with Crippen LogP contribution in [0.15, 0.2) is 103 Å². The summed E-state index contributed by atoms with van der Waals surface area (Å²) in [5.41, 5.74) is 0.526. The number of carbonyl (C=O) groups is 5. The molecule has 3 fully saturated rings. The molecule has 4 aliphatic rings. The number of phenolic OH excluding ortho intramolecular Hbond substituents is 1. The van der Waals surface area contributed by atoms with Gasteiger partial charge in [0.2, 0.25) is 23.6 Å². The summed E-state index contributed by atoms with van der Waals surface area (Å²) in [6, 6.07) is 24.3. The number of phenols is 1. The molecule has 0 spiro atoms. The zero-order valence-electron chi connectivity index (χ0n) is 27.5. The Morgan fingerprint density at radius 1 is 0.827 bits per heavy atom. The molecule has 0 unspecified atom stereocenters. The topological polar surface area (TPSA) is 142 Å². The summed E-state index contributed by atoms with van der Waals surface area (Å²) in [5.74, 6) is -7.69. The molecule has 0 aromatic heterocycles. The summed E-state index contributed by atoms with van der Waals surface area (Å²) in [6.45, 7) is 0. The van der Waals surface area contributed by atoms with Gasteiger partial charge >= 0.3 is 5.97 Å². The average Bonchev–Trinajstić information content (AvgIpc) is 3.53. The number of carboxylic acid groups (broad SMARTS) is 1. The number of carbonyl (C=O) groups excluding carboxylic acids is 4. The van der Waals surface area contributed by atoms with E-state index in [-0.39, 0.29) is 40.6 Å². The Balaban J connectivity index is 1.36. The number of amides is 4. The predicted octanol–water partition coefficient (Wildman–Crippen LogP) is 6.77. The Morgan fingerprint density at radius 2 is 1.54 bits per heavy atom. The SMILES string of the molecule is COc1cc([C@H]2C3=CC[C@@H]4C(=O)N(c5cccc(C(=O)O)c5)C(=O)[C@@H]4[C@@H]3C[C@H]3C(=O)N(c4cccc(Cl)c4)C(=O)[C@@]23c2ccccc2)cc(Cl)c1O. The van der Waals surface area contributed by atoms with Crippen LogP contribution in [-0.4, -0.2) is 46.9 Å². The van der Waals surface area contributed by atoms with Crippen molar-refractivity contribution in [2.75, 3.05) is 16.9 Å². The normalized spacial score (nSPS) is 26.5. The Hall–Kier alpha value is -5.45. The van der Waals surface area contributed by atoms with Crippen molar-refractivity contribution in [1.29, 1.82) is 0 Å². The van der Waals surface area contributed by atoms with Gasteiger partial charge in [-0.25, -0.2) is 9.69 Å². The van der Waals surface area contributed by atoms with Crippen LogP contribution in [0.5, 0.6) is 11.5 Å². The van der Waals surface area contributed by atoms with Gasteiger partial charge in [-0.05, 0) is 78.4 Å². The predicted molar refractivity (Wildman–Crippen MR) is 192 cm³/mol. The number of hydrogen-bond donors (Lipinski definition) is 2. The molecule has 1 saturated carbocycles. The lowest BCUT2D eigenvalue weighted by molar-refractivity contribution is -0.127. The smallest absolute Gasteiger partial charge is 0.335 e. The molecule has 2 saturated heterocycles. The first-order valence-electron chi connectivity index (χ1n) is 16.7. The summed E-state index contributed by atoms with van der Waals surface area (Å²) in [5, 5.41) is 20.7. The van der Waals surface area contributed by atoms with Gasteiger partial charge in [0.05, 0.1) is 52.2 Å². The maximum atomic E-state index is 15.4. The van der Waals surface area contributed by atoms with Crippen molar-refractivity contribution in [3.05, 3.63) is 129 Å². The molecule has 8 rings (SSSR count). The second-order valence-electron chi connectivity index (χ2n) is 13.5. The monoisotopic (exact) mass is 736 g/mol. The number of nitrogens with zero attached hydrogens (tertiary/aromatic N) is 2. The van der Waals surface area contributed by atoms with Crippen LogP contribution in [0.4, 0.5) is 11.4 Å². The van der Waals surface area contributed by atoms with Crippen LogP contribution in [0.1, 0.15) is 40.2 Å². The number of carboxylic acids is 1. The number of ether oxygens (including phenoxy) is 1. The number of hydrogen-bond acceptors (Lipinski definition) is 7. The first-order chi connectivity index (χ1) is 25.0. The molecule has 2 heterocycles. The third-order valence-corrected chi connectivity index (χ3v) is 11.6. The highest BCUT2D eigenvalue weighted by Crippen LogP contribution is 2.65. The number of methoxy groups -OCH3 is 1. The molecule has 2 N–H and O–H groups in total. The van der Waals surface area contributed by atoms with Crippen LogP contribution in [0.25, 0.3) is 0 Å². The number of rotatable bonds is 6. The molecule has 0 bridgehead atoms. The highest BCUT2D eigenvalue weighted by atomic mass is 35.5. The molecule has 4 aromatic rings. The lowest BCUT2D eigenvalue weighted by Gasteiger charge is -2.50. The van der Waals surface area contributed by atoms with E-state index in [4.69, 9.17) is 27.9 Å². The Bertz CT molecular complexity index is 2260. The zero-order valence-corrected chi connectivity index (χ0v) is 29.0. The summed E-state index contributed by atoms with van der Waals surface area (Å²) in [7, 11) is 1.38. The van der Waals surface area contributed by atoms with E-state index in [9.17, 15) is 29.4 Å². The van der Waals surface area contributed by atoms with Gasteiger partial charge < -0.3 is 14.9 Å². The fourth-order valence-electron chi connectivity index (χ4n) is 9.07. The van der Waals surface area contributed by atoms with Crippen LogP contribution in [0, 0.1) is 23.7 Å². The third-order valence-electron chi connectivity index (χ3n) is 11.1. The van der Waals surface area contributed by atoms with Crippen molar-refractivity contribution in [1.82, 2.24) is 0 Å². The van der Waals surface area contributed by atoms with Gasteiger partial charge in [0.15, 0.2) is 11.5 Å². The van der Waals surface area contributed by atoms with Crippen molar-refractivity contribution >= 4 is 64.2 Å². The van der Waals surface area contributed by atoms with Crippen LogP contribution in [0.2, 0.25) is 10.0 Å². The number of aromatic carboxylic acids is 1. The highest BCUT2D eigenvalue weighted by Gasteiger charge is 2.70. The molecule has 4 aromatic carbocycles. The van der Waals surface area contributed by atoms with E-state index in [1.165, 1.54) is 31.4 Å². The number of aromatic hydroxyl groups is 1. The molecule has 10 nitrogen and oxygen atoms in total. The second-order valence-corrected chi connectivity index (χ2v) is 14.4. The third kappa shape index (κ3) is 4.74. The van der Waals surface area contributed by atoms with Crippen molar-refractivity contribution in [3.63, 3.8) is 0 Å². The van der Waals surface area contributed by atoms with Gasteiger partial charge in [0.1, 0.15) is 0 Å². The lowest BCUT2D eigenvalue weighted by atomic mass is 9.49. The summed E-state index contributed by atoms with van der Waals surface area (Å²) < 4.78 is 5.51. The van der Waals surface area contributed by atoms with Gasteiger partial charge in [0.25, 0.3) is 0 Å². The maximum Gasteiger partial charge on any atom is 0.335 e. The van der Waals surface area contributed by atoms with E-state index in [2.05, 4.69) is 0 Å². The zero-order chi connectivity index (χ0) is 36.6. The van der Waals surface area contributed by atoms with Gasteiger partial charge in [-0.15, -0.1) is 0 Å². The van der Waals surface area contributed by atoms with Crippen LogP contribution < -0.4 is 14.5 Å². The lowest BCUT2D eigenvalue weighted by Crippen LogP contribution is -2.53. The Kier molecular flexibility index (Phi) is 8.00. The molecular formula is C40H30Cl2N2O8. The van der Waals surface area contributed by atoms with E-state index in [0.717, 1.165) is 9.80 Å². The summed E-state index contributed by atoms with van der Waals surface area (Å²) in [6.07, 6.45) is 2.11. The molecule has 2 aliphatic carbocycles. The first kappa shape index (κ1) is 33.7. The largest absolute Gasteiger partial charge is 0.503 e. The minimum absolute atomic E-state index is 0.0365. The molecule has 4 amide bonds. The molecule has 0 radical (unpaired) electrons. The number of halogens is 2. The van der Waals surface area contributed by atoms with Crippen LogP contribution >= 0.6 is 23.2 Å².